The number of anilines is 1. The van der Waals surface area contributed by atoms with Crippen molar-refractivity contribution >= 4 is 11.6 Å². The number of amides is 1. The van der Waals surface area contributed by atoms with Crippen molar-refractivity contribution in [1.29, 1.82) is 0 Å². The lowest BCUT2D eigenvalue weighted by atomic mass is 10.1. The van der Waals surface area contributed by atoms with Gasteiger partial charge in [0, 0.05) is 32.4 Å². The smallest absolute Gasteiger partial charge is 0.247 e. The Bertz CT molecular complexity index is 650. The van der Waals surface area contributed by atoms with E-state index in [1.165, 1.54) is 12.0 Å². The summed E-state index contributed by atoms with van der Waals surface area (Å²) in [6, 6.07) is 8.02. The Hall–Kier alpha value is -2.41. The fourth-order valence-corrected chi connectivity index (χ4v) is 2.83. The second-order valence-electron chi connectivity index (χ2n) is 6.01. The summed E-state index contributed by atoms with van der Waals surface area (Å²) in [5.74, 6) is 0.0118. The van der Waals surface area contributed by atoms with E-state index in [0.717, 1.165) is 31.9 Å². The minimum absolute atomic E-state index is 0.0118. The van der Waals surface area contributed by atoms with Crippen LogP contribution in [0.4, 0.5) is 5.69 Å². The van der Waals surface area contributed by atoms with Crippen molar-refractivity contribution in [1.82, 2.24) is 19.7 Å². The maximum Gasteiger partial charge on any atom is 0.247 e. The molecule has 1 fully saturated rings. The van der Waals surface area contributed by atoms with Crippen LogP contribution in [0.3, 0.4) is 0 Å². The molecule has 3 rings (SSSR count). The first-order valence-corrected chi connectivity index (χ1v) is 8.16. The predicted octanol–water partition coefficient (Wildman–Crippen LogP) is 1.33. The zero-order valence-corrected chi connectivity index (χ0v) is 14.1. The summed E-state index contributed by atoms with van der Waals surface area (Å²) in [6.45, 7) is 5.80. The van der Waals surface area contributed by atoms with E-state index in [1.807, 2.05) is 14.0 Å². The highest BCUT2D eigenvalue weighted by Crippen LogP contribution is 2.18. The summed E-state index contributed by atoms with van der Waals surface area (Å²) in [6.07, 6.45) is 3.00. The molecule has 1 aromatic heterocycles. The van der Waals surface area contributed by atoms with Crippen molar-refractivity contribution in [3.63, 3.8) is 0 Å². The zero-order chi connectivity index (χ0) is 16.9. The summed E-state index contributed by atoms with van der Waals surface area (Å²) in [4.78, 5) is 20.4. The van der Waals surface area contributed by atoms with Gasteiger partial charge in [0.25, 0.3) is 0 Å². The molecule has 7 heteroatoms. The monoisotopic (exact) mass is 329 g/mol. The normalized spacial score (nSPS) is 16.0. The van der Waals surface area contributed by atoms with Crippen molar-refractivity contribution in [2.45, 2.75) is 19.5 Å². The van der Waals surface area contributed by atoms with E-state index in [2.05, 4.69) is 39.2 Å². The van der Waals surface area contributed by atoms with Crippen LogP contribution in [0.25, 0.3) is 0 Å². The number of morpholine rings is 1. The standard InChI is InChI=1S/C17H23N5O2/c1-14(22-13-18-12-19-22)17(23)20(2)11-15-3-5-16(6-4-15)21-7-9-24-10-8-21/h3-6,12-14H,7-11H2,1-2H3/t14-/m1/s1. The van der Waals surface area contributed by atoms with Crippen LogP contribution in [-0.4, -0.2) is 58.9 Å². The number of aromatic nitrogens is 3. The van der Waals surface area contributed by atoms with Crippen LogP contribution >= 0.6 is 0 Å². The van der Waals surface area contributed by atoms with Crippen LogP contribution in [0.1, 0.15) is 18.5 Å². The van der Waals surface area contributed by atoms with Crippen molar-refractivity contribution < 1.29 is 9.53 Å². The van der Waals surface area contributed by atoms with Crippen molar-refractivity contribution in [2.75, 3.05) is 38.3 Å². The second kappa shape index (κ2) is 7.44. The molecule has 1 aromatic carbocycles. The van der Waals surface area contributed by atoms with Gasteiger partial charge in [0.15, 0.2) is 0 Å². The quantitative estimate of drug-likeness (QED) is 0.828. The molecule has 0 radical (unpaired) electrons. The topological polar surface area (TPSA) is 63.5 Å². The summed E-state index contributed by atoms with van der Waals surface area (Å²) >= 11 is 0. The first-order valence-electron chi connectivity index (χ1n) is 8.16. The average Bonchev–Trinajstić information content (AvgIpc) is 3.16. The number of carbonyl (C=O) groups excluding carboxylic acids is 1. The summed E-state index contributed by atoms with van der Waals surface area (Å²) in [5, 5.41) is 4.03. The van der Waals surface area contributed by atoms with Gasteiger partial charge in [-0.15, -0.1) is 0 Å². The van der Waals surface area contributed by atoms with Crippen molar-refractivity contribution in [3.05, 3.63) is 42.5 Å². The molecule has 1 aliphatic rings. The summed E-state index contributed by atoms with van der Waals surface area (Å²) < 4.78 is 6.95. The molecule has 0 aliphatic carbocycles. The van der Waals surface area contributed by atoms with E-state index in [0.29, 0.717) is 6.54 Å². The molecule has 1 saturated heterocycles. The van der Waals surface area contributed by atoms with Gasteiger partial charge >= 0.3 is 0 Å². The van der Waals surface area contributed by atoms with Gasteiger partial charge in [0.2, 0.25) is 5.91 Å². The second-order valence-corrected chi connectivity index (χ2v) is 6.01. The molecule has 128 valence electrons. The van der Waals surface area contributed by atoms with Gasteiger partial charge in [-0.2, -0.15) is 5.10 Å². The van der Waals surface area contributed by atoms with Gasteiger partial charge in [-0.05, 0) is 24.6 Å². The van der Waals surface area contributed by atoms with E-state index in [9.17, 15) is 4.79 Å². The molecule has 7 nitrogen and oxygen atoms in total. The molecule has 1 atom stereocenters. The van der Waals surface area contributed by atoms with Crippen LogP contribution < -0.4 is 4.90 Å². The fraction of sp³-hybridized carbons (Fsp3) is 0.471. The Morgan fingerprint density at radius 3 is 2.62 bits per heavy atom. The first-order chi connectivity index (χ1) is 11.6. The lowest BCUT2D eigenvalue weighted by Crippen LogP contribution is -2.36. The van der Waals surface area contributed by atoms with Crippen LogP contribution in [0, 0.1) is 0 Å². The molecule has 0 spiro atoms. The van der Waals surface area contributed by atoms with E-state index < -0.39 is 0 Å². The molecular formula is C17H23N5O2. The number of rotatable bonds is 5. The third-order valence-corrected chi connectivity index (χ3v) is 4.30. The SMILES string of the molecule is C[C@H](C(=O)N(C)Cc1ccc(N2CCOCC2)cc1)n1cncn1. The van der Waals surface area contributed by atoms with Crippen LogP contribution in [0.15, 0.2) is 36.9 Å². The predicted molar refractivity (Wildman–Crippen MR) is 90.7 cm³/mol. The lowest BCUT2D eigenvalue weighted by Gasteiger charge is -2.29. The lowest BCUT2D eigenvalue weighted by molar-refractivity contribution is -0.133. The molecule has 0 unspecified atom stereocenters. The zero-order valence-electron chi connectivity index (χ0n) is 14.1. The number of hydrogen-bond donors (Lipinski definition) is 0. The van der Waals surface area contributed by atoms with Crippen molar-refractivity contribution in [2.24, 2.45) is 0 Å². The highest BCUT2D eigenvalue weighted by molar-refractivity contribution is 5.79. The molecule has 24 heavy (non-hydrogen) atoms. The minimum Gasteiger partial charge on any atom is -0.378 e. The van der Waals surface area contributed by atoms with Gasteiger partial charge in [-0.25, -0.2) is 9.67 Å². The summed E-state index contributed by atoms with van der Waals surface area (Å²) in [5.41, 5.74) is 2.31. The minimum atomic E-state index is -0.356. The average molecular weight is 329 g/mol. The van der Waals surface area contributed by atoms with Gasteiger partial charge in [0.05, 0.1) is 13.2 Å². The molecule has 1 amide bonds. The van der Waals surface area contributed by atoms with E-state index in [-0.39, 0.29) is 11.9 Å². The molecule has 2 aromatic rings. The molecular weight excluding hydrogens is 306 g/mol. The number of ether oxygens (including phenoxy) is 1. The Labute approximate surface area is 141 Å². The van der Waals surface area contributed by atoms with Gasteiger partial charge in [-0.1, -0.05) is 12.1 Å². The highest BCUT2D eigenvalue weighted by Gasteiger charge is 2.20. The van der Waals surface area contributed by atoms with Gasteiger partial charge < -0.3 is 14.5 Å². The van der Waals surface area contributed by atoms with Crippen LogP contribution in [0.5, 0.6) is 0 Å². The third kappa shape index (κ3) is 3.73. The number of benzene rings is 1. The van der Waals surface area contributed by atoms with Crippen LogP contribution in [0.2, 0.25) is 0 Å². The number of carbonyl (C=O) groups is 1. The van der Waals surface area contributed by atoms with Gasteiger partial charge in [0.1, 0.15) is 18.7 Å². The van der Waals surface area contributed by atoms with Crippen LogP contribution in [-0.2, 0) is 16.1 Å². The molecule has 1 aliphatic heterocycles. The largest absolute Gasteiger partial charge is 0.378 e. The number of likely N-dealkylation sites (N-methyl/N-ethyl adjacent to an activating group) is 1. The fourth-order valence-electron chi connectivity index (χ4n) is 2.83. The maximum atomic E-state index is 12.5. The Kier molecular flexibility index (Phi) is 5.10. The Morgan fingerprint density at radius 2 is 2.00 bits per heavy atom. The molecule has 0 bridgehead atoms. The molecule has 0 N–H and O–H groups in total. The van der Waals surface area contributed by atoms with Gasteiger partial charge in [-0.3, -0.25) is 4.79 Å². The van der Waals surface area contributed by atoms with E-state index >= 15 is 0 Å². The Morgan fingerprint density at radius 1 is 1.29 bits per heavy atom. The van der Waals surface area contributed by atoms with Crippen molar-refractivity contribution in [3.8, 4) is 0 Å². The van der Waals surface area contributed by atoms with E-state index in [4.69, 9.17) is 4.74 Å². The number of hydrogen-bond acceptors (Lipinski definition) is 5. The van der Waals surface area contributed by atoms with E-state index in [1.54, 1.807) is 15.9 Å². The molecule has 0 saturated carbocycles. The highest BCUT2D eigenvalue weighted by atomic mass is 16.5. The first kappa shape index (κ1) is 16.4. The number of nitrogens with zero attached hydrogens (tertiary/aromatic N) is 5. The Balaban J connectivity index is 1.59. The third-order valence-electron chi connectivity index (χ3n) is 4.30. The molecule has 2 heterocycles. The maximum absolute atomic E-state index is 12.5. The summed E-state index contributed by atoms with van der Waals surface area (Å²) in [7, 11) is 1.81.